The molecule has 2 heteroatoms. The lowest BCUT2D eigenvalue weighted by Gasteiger charge is -2.00. The quantitative estimate of drug-likeness (QED) is 0.689. The van der Waals surface area contributed by atoms with Crippen molar-refractivity contribution in [3.63, 3.8) is 0 Å². The van der Waals surface area contributed by atoms with E-state index in [0.29, 0.717) is 0 Å². The molecule has 66 valence electrons. The summed E-state index contributed by atoms with van der Waals surface area (Å²) in [5.41, 5.74) is 0. The highest BCUT2D eigenvalue weighted by Gasteiger charge is 1.99. The standard InChI is InChI=1S/C10H15NS/c1-8(2)3-4-9-5-6-10(7-11)12-9/h5-8,11H,3-4H2,1-2H3. The predicted octanol–water partition coefficient (Wildman–Crippen LogP) is 3.33. The van der Waals surface area contributed by atoms with Crippen molar-refractivity contribution in [2.45, 2.75) is 26.7 Å². The Morgan fingerprint density at radius 3 is 2.75 bits per heavy atom. The average molecular weight is 181 g/mol. The van der Waals surface area contributed by atoms with Gasteiger partial charge < -0.3 is 5.41 Å². The largest absolute Gasteiger partial charge is 0.307 e. The predicted molar refractivity (Wildman–Crippen MR) is 55.4 cm³/mol. The van der Waals surface area contributed by atoms with E-state index >= 15 is 0 Å². The van der Waals surface area contributed by atoms with E-state index in [0.717, 1.165) is 17.2 Å². The average Bonchev–Trinajstić information content (AvgIpc) is 2.48. The third kappa shape index (κ3) is 2.78. The van der Waals surface area contributed by atoms with Gasteiger partial charge in [0.15, 0.2) is 0 Å². The molecule has 1 rings (SSSR count). The van der Waals surface area contributed by atoms with E-state index in [1.54, 1.807) is 11.3 Å². The van der Waals surface area contributed by atoms with E-state index in [4.69, 9.17) is 5.41 Å². The monoisotopic (exact) mass is 181 g/mol. The molecular formula is C10H15NS. The van der Waals surface area contributed by atoms with Crippen LogP contribution >= 0.6 is 11.3 Å². The molecular weight excluding hydrogens is 166 g/mol. The van der Waals surface area contributed by atoms with Crippen molar-refractivity contribution < 1.29 is 0 Å². The maximum Gasteiger partial charge on any atom is 0.0448 e. The zero-order valence-electron chi connectivity index (χ0n) is 7.63. The minimum atomic E-state index is 0.774. The van der Waals surface area contributed by atoms with Gasteiger partial charge in [0.05, 0.1) is 0 Å². The summed E-state index contributed by atoms with van der Waals surface area (Å²) >= 11 is 1.73. The summed E-state index contributed by atoms with van der Waals surface area (Å²) in [4.78, 5) is 2.47. The lowest BCUT2D eigenvalue weighted by molar-refractivity contribution is 0.590. The fourth-order valence-corrected chi connectivity index (χ4v) is 1.89. The molecule has 0 spiro atoms. The second-order valence-electron chi connectivity index (χ2n) is 3.38. The molecule has 0 bridgehead atoms. The first-order chi connectivity index (χ1) is 5.72. The first kappa shape index (κ1) is 9.46. The van der Waals surface area contributed by atoms with Crippen LogP contribution in [0.15, 0.2) is 12.1 Å². The van der Waals surface area contributed by atoms with Crippen molar-refractivity contribution in [1.82, 2.24) is 0 Å². The van der Waals surface area contributed by atoms with Gasteiger partial charge in [-0.2, -0.15) is 0 Å². The molecule has 1 aromatic rings. The Balaban J connectivity index is 2.47. The molecule has 0 aliphatic heterocycles. The van der Waals surface area contributed by atoms with Gasteiger partial charge in [-0.1, -0.05) is 13.8 Å². The van der Waals surface area contributed by atoms with Crippen molar-refractivity contribution in [2.75, 3.05) is 0 Å². The normalized spacial score (nSPS) is 10.6. The Bertz CT molecular complexity index is 250. The highest BCUT2D eigenvalue weighted by Crippen LogP contribution is 2.17. The molecule has 0 fully saturated rings. The van der Waals surface area contributed by atoms with Crippen LogP contribution in [-0.4, -0.2) is 6.21 Å². The lowest BCUT2D eigenvalue weighted by atomic mass is 10.1. The van der Waals surface area contributed by atoms with Crippen LogP contribution in [-0.2, 0) is 6.42 Å². The maximum absolute atomic E-state index is 7.06. The van der Waals surface area contributed by atoms with E-state index in [1.165, 1.54) is 17.5 Å². The van der Waals surface area contributed by atoms with E-state index in [2.05, 4.69) is 19.9 Å². The molecule has 0 radical (unpaired) electrons. The number of hydrogen-bond donors (Lipinski definition) is 1. The Labute approximate surface area is 77.9 Å². The van der Waals surface area contributed by atoms with E-state index in [-0.39, 0.29) is 0 Å². The Morgan fingerprint density at radius 2 is 2.25 bits per heavy atom. The molecule has 1 nitrogen and oxygen atoms in total. The molecule has 0 saturated carbocycles. The van der Waals surface area contributed by atoms with Crippen LogP contribution in [0.25, 0.3) is 0 Å². The molecule has 0 amide bonds. The molecule has 1 N–H and O–H groups in total. The second kappa shape index (κ2) is 4.41. The molecule has 0 aliphatic rings. The summed E-state index contributed by atoms with van der Waals surface area (Å²) in [6, 6.07) is 4.15. The third-order valence-electron chi connectivity index (χ3n) is 1.79. The van der Waals surface area contributed by atoms with Gasteiger partial charge in [0.25, 0.3) is 0 Å². The molecule has 0 aliphatic carbocycles. The Hall–Kier alpha value is -0.630. The molecule has 1 heterocycles. The first-order valence-electron chi connectivity index (χ1n) is 4.31. The topological polar surface area (TPSA) is 23.9 Å². The van der Waals surface area contributed by atoms with Gasteiger partial charge in [0.2, 0.25) is 0 Å². The summed E-state index contributed by atoms with van der Waals surface area (Å²) in [6.07, 6.45) is 3.83. The van der Waals surface area contributed by atoms with Gasteiger partial charge in [-0.15, -0.1) is 11.3 Å². The molecule has 1 aromatic heterocycles. The van der Waals surface area contributed by atoms with Crippen LogP contribution in [0.4, 0.5) is 0 Å². The van der Waals surface area contributed by atoms with Crippen molar-refractivity contribution in [2.24, 2.45) is 5.92 Å². The summed E-state index contributed by atoms with van der Waals surface area (Å²) in [7, 11) is 0. The van der Waals surface area contributed by atoms with Crippen molar-refractivity contribution in [3.8, 4) is 0 Å². The highest BCUT2D eigenvalue weighted by atomic mass is 32.1. The number of nitrogens with one attached hydrogen (secondary N) is 1. The fraction of sp³-hybridized carbons (Fsp3) is 0.500. The van der Waals surface area contributed by atoms with Crippen LogP contribution in [0.5, 0.6) is 0 Å². The summed E-state index contributed by atoms with van der Waals surface area (Å²) in [5.74, 6) is 0.774. The van der Waals surface area contributed by atoms with E-state index in [1.807, 2.05) is 6.07 Å². The smallest absolute Gasteiger partial charge is 0.0448 e. The first-order valence-corrected chi connectivity index (χ1v) is 5.13. The molecule has 0 unspecified atom stereocenters. The Kier molecular flexibility index (Phi) is 3.48. The van der Waals surface area contributed by atoms with Crippen molar-refractivity contribution in [1.29, 1.82) is 5.41 Å². The second-order valence-corrected chi connectivity index (χ2v) is 4.58. The van der Waals surface area contributed by atoms with E-state index in [9.17, 15) is 0 Å². The van der Waals surface area contributed by atoms with Gasteiger partial charge in [0, 0.05) is 16.0 Å². The van der Waals surface area contributed by atoms with Gasteiger partial charge in [-0.05, 0) is 30.9 Å². The van der Waals surface area contributed by atoms with Crippen LogP contribution in [0.3, 0.4) is 0 Å². The molecule has 0 saturated heterocycles. The lowest BCUT2D eigenvalue weighted by Crippen LogP contribution is -1.88. The third-order valence-corrected chi connectivity index (χ3v) is 2.88. The molecule has 0 atom stereocenters. The zero-order chi connectivity index (χ0) is 8.97. The van der Waals surface area contributed by atoms with Gasteiger partial charge in [-0.3, -0.25) is 0 Å². The van der Waals surface area contributed by atoms with Crippen LogP contribution < -0.4 is 0 Å². The molecule has 0 aromatic carbocycles. The van der Waals surface area contributed by atoms with Gasteiger partial charge in [0.1, 0.15) is 0 Å². The van der Waals surface area contributed by atoms with Crippen LogP contribution in [0, 0.1) is 11.3 Å². The zero-order valence-corrected chi connectivity index (χ0v) is 8.45. The number of rotatable bonds is 4. The highest BCUT2D eigenvalue weighted by molar-refractivity contribution is 7.13. The minimum Gasteiger partial charge on any atom is -0.307 e. The number of hydrogen-bond acceptors (Lipinski definition) is 2. The van der Waals surface area contributed by atoms with Crippen molar-refractivity contribution in [3.05, 3.63) is 21.9 Å². The summed E-state index contributed by atoms with van der Waals surface area (Å²) in [6.45, 7) is 4.48. The Morgan fingerprint density at radius 1 is 1.50 bits per heavy atom. The SMILES string of the molecule is CC(C)CCc1ccc(C=N)s1. The number of thiophene rings is 1. The van der Waals surface area contributed by atoms with Crippen LogP contribution in [0.1, 0.15) is 30.0 Å². The van der Waals surface area contributed by atoms with Crippen LogP contribution in [0.2, 0.25) is 0 Å². The van der Waals surface area contributed by atoms with Gasteiger partial charge >= 0.3 is 0 Å². The molecule has 12 heavy (non-hydrogen) atoms. The van der Waals surface area contributed by atoms with Crippen molar-refractivity contribution >= 4 is 17.6 Å². The number of aryl methyl sites for hydroxylation is 1. The van der Waals surface area contributed by atoms with E-state index < -0.39 is 0 Å². The minimum absolute atomic E-state index is 0.774. The van der Waals surface area contributed by atoms with Gasteiger partial charge in [-0.25, -0.2) is 0 Å². The fourth-order valence-electron chi connectivity index (χ4n) is 1.04. The summed E-state index contributed by atoms with van der Waals surface area (Å²) in [5, 5.41) is 7.06. The summed E-state index contributed by atoms with van der Waals surface area (Å²) < 4.78 is 0. The maximum atomic E-state index is 7.06.